The molecular weight excluding hydrogens is 442 g/mol. The molecule has 6 unspecified atom stereocenters. The smallest absolute Gasteiger partial charge is 0.224 e. The molecule has 0 radical (unpaired) electrons. The van der Waals surface area contributed by atoms with Crippen LogP contribution in [0.15, 0.2) is 42.5 Å². The van der Waals surface area contributed by atoms with Gasteiger partial charge in [-0.05, 0) is 31.2 Å². The van der Waals surface area contributed by atoms with Crippen molar-refractivity contribution < 1.29 is 39.7 Å². The second-order valence-corrected chi connectivity index (χ2v) is 7.96. The number of hydrogen-bond acceptors (Lipinski definition) is 9. The molecule has 0 saturated carbocycles. The van der Waals surface area contributed by atoms with Gasteiger partial charge < -0.3 is 39.7 Å². The minimum Gasteiger partial charge on any atom is -0.494 e. The summed E-state index contributed by atoms with van der Waals surface area (Å²) in [6, 6.07) is 10.8. The van der Waals surface area contributed by atoms with Gasteiger partial charge in [-0.2, -0.15) is 0 Å². The summed E-state index contributed by atoms with van der Waals surface area (Å²) in [7, 11) is 1.23. The Morgan fingerprint density at radius 1 is 1.12 bits per heavy atom. The number of methoxy groups -OCH3 is 1. The van der Waals surface area contributed by atoms with Crippen LogP contribution < -0.4 is 10.5 Å². The minimum atomic E-state index is -2.04. The van der Waals surface area contributed by atoms with Crippen molar-refractivity contribution in [1.82, 2.24) is 0 Å². The highest BCUT2D eigenvalue weighted by molar-refractivity contribution is 6.31. The number of halogens is 1. The number of aliphatic hydroxyl groups is 5. The Kier molecular flexibility index (Phi) is 7.45. The zero-order valence-electron chi connectivity index (χ0n) is 17.7. The Morgan fingerprint density at radius 3 is 2.34 bits per heavy atom. The van der Waals surface area contributed by atoms with Crippen LogP contribution in [0.5, 0.6) is 5.75 Å². The monoisotopic (exact) mass is 469 g/mol. The summed E-state index contributed by atoms with van der Waals surface area (Å²) < 4.78 is 16.5. The molecule has 3 rings (SSSR count). The molecule has 0 amide bonds. The van der Waals surface area contributed by atoms with Gasteiger partial charge in [-0.15, -0.1) is 0 Å². The van der Waals surface area contributed by atoms with Gasteiger partial charge in [0.25, 0.3) is 0 Å². The highest BCUT2D eigenvalue weighted by Gasteiger charge is 2.55. The van der Waals surface area contributed by atoms with E-state index >= 15 is 0 Å². The number of aliphatic hydroxyl groups excluding tert-OH is 4. The van der Waals surface area contributed by atoms with Crippen LogP contribution in [0.4, 0.5) is 0 Å². The van der Waals surface area contributed by atoms with Gasteiger partial charge in [0.2, 0.25) is 5.79 Å². The van der Waals surface area contributed by atoms with E-state index in [2.05, 4.69) is 0 Å². The molecule has 6 atom stereocenters. The molecule has 0 aliphatic carbocycles. The normalized spacial score (nSPS) is 30.0. The lowest BCUT2D eigenvalue weighted by molar-refractivity contribution is -0.366. The molecule has 0 bridgehead atoms. The summed E-state index contributed by atoms with van der Waals surface area (Å²) in [6.45, 7) is 1.70. The van der Waals surface area contributed by atoms with Crippen molar-refractivity contribution in [2.45, 2.75) is 42.9 Å². The van der Waals surface area contributed by atoms with Gasteiger partial charge in [-0.3, -0.25) is 5.73 Å². The maximum Gasteiger partial charge on any atom is 0.224 e. The lowest BCUT2D eigenvalue weighted by Crippen LogP contribution is -2.64. The molecule has 1 aliphatic heterocycles. The van der Waals surface area contributed by atoms with Crippen LogP contribution in [0.1, 0.15) is 23.6 Å². The van der Waals surface area contributed by atoms with E-state index in [0.717, 1.165) is 0 Å². The topological polar surface area (TPSA) is 155 Å². The maximum atomic E-state index is 11.2. The summed E-state index contributed by atoms with van der Waals surface area (Å²) in [5.74, 6) is -1.37. The van der Waals surface area contributed by atoms with Crippen molar-refractivity contribution in [2.75, 3.05) is 20.3 Å². The molecule has 1 saturated heterocycles. The number of hydrogen-bond donors (Lipinski definition) is 6. The fourth-order valence-corrected chi connectivity index (χ4v) is 4.09. The maximum absolute atomic E-state index is 11.2. The number of nitrogens with two attached hydrogens (primary N) is 1. The second kappa shape index (κ2) is 9.60. The quantitative estimate of drug-likeness (QED) is 0.311. The van der Waals surface area contributed by atoms with E-state index in [9.17, 15) is 25.5 Å². The third-order valence-electron chi connectivity index (χ3n) is 5.64. The van der Waals surface area contributed by atoms with E-state index < -0.39 is 42.5 Å². The van der Waals surface area contributed by atoms with E-state index in [1.807, 2.05) is 6.92 Å². The van der Waals surface area contributed by atoms with E-state index in [0.29, 0.717) is 17.9 Å². The number of benzene rings is 2. The Balaban J connectivity index is 2.07. The zero-order chi connectivity index (χ0) is 23.7. The molecule has 7 N–H and O–H groups in total. The van der Waals surface area contributed by atoms with Crippen molar-refractivity contribution in [3.63, 3.8) is 0 Å². The fraction of sp³-hybridized carbons (Fsp3) is 0.455. The molecule has 1 heterocycles. The van der Waals surface area contributed by atoms with E-state index in [-0.39, 0.29) is 16.1 Å². The first-order valence-corrected chi connectivity index (χ1v) is 10.4. The fourth-order valence-electron chi connectivity index (χ4n) is 3.83. The third-order valence-corrected chi connectivity index (χ3v) is 5.97. The van der Waals surface area contributed by atoms with E-state index in [4.69, 9.17) is 31.5 Å². The van der Waals surface area contributed by atoms with Gasteiger partial charge in [0.15, 0.2) is 5.72 Å². The second-order valence-electron chi connectivity index (χ2n) is 7.55. The third kappa shape index (κ3) is 4.24. The van der Waals surface area contributed by atoms with E-state index in [1.165, 1.54) is 25.3 Å². The van der Waals surface area contributed by atoms with Crippen LogP contribution in [-0.4, -0.2) is 70.3 Å². The molecule has 0 spiro atoms. The zero-order valence-corrected chi connectivity index (χ0v) is 18.4. The Hall–Kier alpha value is -1.79. The summed E-state index contributed by atoms with van der Waals surface area (Å²) in [4.78, 5) is 0. The SMILES string of the molecule is CCOc1ccc(C(N)(O)c2cc(C3(OC)OC(CO)C(O)C(O)C3O)ccc2Cl)cc1. The Morgan fingerprint density at radius 2 is 1.78 bits per heavy atom. The van der Waals surface area contributed by atoms with Crippen molar-refractivity contribution in [3.8, 4) is 5.75 Å². The van der Waals surface area contributed by atoms with Crippen molar-refractivity contribution in [3.05, 3.63) is 64.2 Å². The first kappa shape index (κ1) is 24.8. The number of rotatable bonds is 7. The summed E-state index contributed by atoms with van der Waals surface area (Å²) in [6.07, 6.45) is -6.19. The van der Waals surface area contributed by atoms with Crippen LogP contribution in [0, 0.1) is 0 Å². The average molecular weight is 470 g/mol. The molecule has 2 aromatic rings. The van der Waals surface area contributed by atoms with Gasteiger partial charge in [0, 0.05) is 28.8 Å². The van der Waals surface area contributed by atoms with Crippen LogP contribution in [0.3, 0.4) is 0 Å². The van der Waals surface area contributed by atoms with Crippen LogP contribution in [0.2, 0.25) is 5.02 Å². The van der Waals surface area contributed by atoms with Crippen LogP contribution in [0.25, 0.3) is 0 Å². The predicted octanol–water partition coefficient (Wildman–Crippen LogP) is 0.164. The molecule has 176 valence electrons. The molecular formula is C22H28ClNO8. The highest BCUT2D eigenvalue weighted by atomic mass is 35.5. The summed E-state index contributed by atoms with van der Waals surface area (Å²) >= 11 is 6.35. The molecule has 2 aromatic carbocycles. The Labute approximate surface area is 190 Å². The van der Waals surface area contributed by atoms with Crippen molar-refractivity contribution in [1.29, 1.82) is 0 Å². The van der Waals surface area contributed by atoms with Crippen molar-refractivity contribution >= 4 is 11.6 Å². The van der Waals surface area contributed by atoms with E-state index in [1.54, 1.807) is 24.3 Å². The first-order valence-electron chi connectivity index (χ1n) is 10.1. The molecule has 1 aliphatic rings. The lowest BCUT2D eigenvalue weighted by atomic mass is 9.85. The van der Waals surface area contributed by atoms with Crippen molar-refractivity contribution in [2.24, 2.45) is 5.73 Å². The molecule has 10 heteroatoms. The lowest BCUT2D eigenvalue weighted by Gasteiger charge is -2.47. The first-order chi connectivity index (χ1) is 15.1. The van der Waals surface area contributed by atoms with Gasteiger partial charge in [-0.1, -0.05) is 29.8 Å². The largest absolute Gasteiger partial charge is 0.494 e. The summed E-state index contributed by atoms with van der Waals surface area (Å²) in [5.41, 5.74) is 4.78. The van der Waals surface area contributed by atoms with Gasteiger partial charge in [0.1, 0.15) is 30.2 Å². The van der Waals surface area contributed by atoms with Gasteiger partial charge in [-0.25, -0.2) is 0 Å². The standard InChI is InChI=1S/C22H28ClNO8/c1-3-31-14-7-4-12(5-8-14)21(24,29)15-10-13(6-9-16(15)23)22(30-2)20(28)19(27)18(26)17(11-25)32-22/h4-10,17-20,25-29H,3,11,24H2,1-2H3. The molecule has 9 nitrogen and oxygen atoms in total. The predicted molar refractivity (Wildman–Crippen MR) is 115 cm³/mol. The van der Waals surface area contributed by atoms with Gasteiger partial charge in [0.05, 0.1) is 13.2 Å². The molecule has 0 aromatic heterocycles. The number of ether oxygens (including phenoxy) is 3. The molecule has 1 fully saturated rings. The summed E-state index contributed by atoms with van der Waals surface area (Å²) in [5, 5.41) is 52.0. The van der Waals surface area contributed by atoms with Crippen LogP contribution >= 0.6 is 11.6 Å². The molecule has 32 heavy (non-hydrogen) atoms. The Bertz CT molecular complexity index is 923. The van der Waals surface area contributed by atoms with Gasteiger partial charge >= 0.3 is 0 Å². The van der Waals surface area contributed by atoms with Crippen LogP contribution in [-0.2, 0) is 21.0 Å². The minimum absolute atomic E-state index is 0.0780. The highest BCUT2D eigenvalue weighted by Crippen LogP contribution is 2.42. The average Bonchev–Trinajstić information content (AvgIpc) is 2.79.